The second kappa shape index (κ2) is 6.84. The molecule has 0 unspecified atom stereocenters. The number of benzene rings is 3. The van der Waals surface area contributed by atoms with Gasteiger partial charge in [-0.3, -0.25) is 0 Å². The maximum absolute atomic E-state index is 11.4. The molecule has 26 heavy (non-hydrogen) atoms. The van der Waals surface area contributed by atoms with Crippen LogP contribution in [0.15, 0.2) is 72.8 Å². The van der Waals surface area contributed by atoms with Gasteiger partial charge in [-0.05, 0) is 41.8 Å². The largest absolute Gasteiger partial charge is 0.341 e. The van der Waals surface area contributed by atoms with Crippen molar-refractivity contribution in [2.75, 3.05) is 12.4 Å². The van der Waals surface area contributed by atoms with E-state index in [0.29, 0.717) is 0 Å². The van der Waals surface area contributed by atoms with Gasteiger partial charge in [0.05, 0.1) is 11.0 Å². The molecule has 1 heterocycles. The zero-order chi connectivity index (χ0) is 17.9. The molecule has 2 amide bonds. The summed E-state index contributed by atoms with van der Waals surface area (Å²) in [4.78, 5) is 16.2. The minimum Gasteiger partial charge on any atom is -0.341 e. The van der Waals surface area contributed by atoms with E-state index < -0.39 is 0 Å². The summed E-state index contributed by atoms with van der Waals surface area (Å²) in [6.07, 6.45) is 0.809. The van der Waals surface area contributed by atoms with Crippen LogP contribution in [0.2, 0.25) is 0 Å². The number of pyridine rings is 1. The summed E-state index contributed by atoms with van der Waals surface area (Å²) in [6.45, 7) is 0. The average Bonchev–Trinajstić information content (AvgIpc) is 2.69. The standard InChI is InChI=1S/C22H19N3O/c1-23-22(26)24-16-12-10-15(11-13-16)14-19-17-6-2-4-8-20(17)25-21-9-5-3-7-18(19)21/h2-13H,14H2,1H3,(H2,23,24,26). The first-order chi connectivity index (χ1) is 12.7. The van der Waals surface area contributed by atoms with Crippen molar-refractivity contribution in [3.63, 3.8) is 0 Å². The number of carbonyl (C=O) groups excluding carboxylic acids is 1. The number of fused-ring (bicyclic) bond motifs is 2. The van der Waals surface area contributed by atoms with Crippen molar-refractivity contribution in [3.8, 4) is 0 Å². The number of rotatable bonds is 3. The van der Waals surface area contributed by atoms with Gasteiger partial charge in [0.1, 0.15) is 0 Å². The molecule has 0 aliphatic rings. The summed E-state index contributed by atoms with van der Waals surface area (Å²) in [5.74, 6) is 0. The van der Waals surface area contributed by atoms with Crippen LogP contribution in [0.4, 0.5) is 10.5 Å². The van der Waals surface area contributed by atoms with Crippen molar-refractivity contribution in [3.05, 3.63) is 83.9 Å². The molecule has 0 aliphatic carbocycles. The van der Waals surface area contributed by atoms with Crippen LogP contribution in [-0.4, -0.2) is 18.1 Å². The molecule has 4 aromatic rings. The van der Waals surface area contributed by atoms with E-state index in [0.717, 1.165) is 23.1 Å². The lowest BCUT2D eigenvalue weighted by Gasteiger charge is -2.12. The van der Waals surface area contributed by atoms with E-state index in [4.69, 9.17) is 4.98 Å². The molecular weight excluding hydrogens is 322 g/mol. The molecule has 0 atom stereocenters. The molecule has 0 spiro atoms. The fourth-order valence-corrected chi connectivity index (χ4v) is 3.22. The van der Waals surface area contributed by atoms with Gasteiger partial charge in [0.15, 0.2) is 0 Å². The van der Waals surface area contributed by atoms with Gasteiger partial charge in [-0.2, -0.15) is 0 Å². The van der Waals surface area contributed by atoms with Crippen molar-refractivity contribution in [1.82, 2.24) is 10.3 Å². The summed E-state index contributed by atoms with van der Waals surface area (Å²) < 4.78 is 0. The predicted octanol–water partition coefficient (Wildman–Crippen LogP) is 4.73. The van der Waals surface area contributed by atoms with Crippen molar-refractivity contribution >= 4 is 33.5 Å². The normalized spacial score (nSPS) is 10.8. The van der Waals surface area contributed by atoms with Crippen molar-refractivity contribution < 1.29 is 4.79 Å². The first-order valence-electron chi connectivity index (χ1n) is 8.58. The second-order valence-electron chi connectivity index (χ2n) is 6.20. The topological polar surface area (TPSA) is 54.0 Å². The molecule has 0 radical (unpaired) electrons. The Kier molecular flexibility index (Phi) is 4.23. The van der Waals surface area contributed by atoms with E-state index >= 15 is 0 Å². The zero-order valence-electron chi connectivity index (χ0n) is 14.5. The molecular formula is C22H19N3O. The molecule has 0 saturated carbocycles. The van der Waals surface area contributed by atoms with Crippen molar-refractivity contribution in [1.29, 1.82) is 0 Å². The first kappa shape index (κ1) is 16.1. The number of hydrogen-bond acceptors (Lipinski definition) is 2. The van der Waals surface area contributed by atoms with E-state index in [9.17, 15) is 4.79 Å². The third kappa shape index (κ3) is 3.09. The number of para-hydroxylation sites is 2. The van der Waals surface area contributed by atoms with Crippen molar-refractivity contribution in [2.45, 2.75) is 6.42 Å². The lowest BCUT2D eigenvalue weighted by atomic mass is 9.96. The Morgan fingerprint density at radius 3 is 2.00 bits per heavy atom. The summed E-state index contributed by atoms with van der Waals surface area (Å²) in [6, 6.07) is 24.3. The molecule has 4 nitrogen and oxygen atoms in total. The summed E-state index contributed by atoms with van der Waals surface area (Å²) >= 11 is 0. The monoisotopic (exact) mass is 341 g/mol. The predicted molar refractivity (Wildman–Crippen MR) is 107 cm³/mol. The molecule has 3 aromatic carbocycles. The minimum atomic E-state index is -0.219. The van der Waals surface area contributed by atoms with Gasteiger partial charge in [-0.1, -0.05) is 48.5 Å². The molecule has 128 valence electrons. The number of urea groups is 1. The Morgan fingerprint density at radius 1 is 0.846 bits per heavy atom. The quantitative estimate of drug-likeness (QED) is 0.529. The van der Waals surface area contributed by atoms with E-state index in [2.05, 4.69) is 59.2 Å². The van der Waals surface area contributed by atoms with Crippen LogP contribution in [0.1, 0.15) is 11.1 Å². The Hall–Kier alpha value is -3.40. The molecule has 4 heteroatoms. The number of hydrogen-bond donors (Lipinski definition) is 2. The molecule has 1 aromatic heterocycles. The van der Waals surface area contributed by atoms with E-state index in [1.54, 1.807) is 7.05 Å². The Labute approximate surface area is 151 Å². The van der Waals surface area contributed by atoms with Gasteiger partial charge in [-0.15, -0.1) is 0 Å². The Bertz CT molecular complexity index is 1030. The second-order valence-corrected chi connectivity index (χ2v) is 6.20. The van der Waals surface area contributed by atoms with Gasteiger partial charge < -0.3 is 10.6 Å². The smallest absolute Gasteiger partial charge is 0.318 e. The average molecular weight is 341 g/mol. The minimum absolute atomic E-state index is 0.219. The number of aromatic nitrogens is 1. The van der Waals surface area contributed by atoms with Crippen LogP contribution < -0.4 is 10.6 Å². The van der Waals surface area contributed by atoms with Gasteiger partial charge in [0, 0.05) is 23.5 Å². The van der Waals surface area contributed by atoms with E-state index in [-0.39, 0.29) is 6.03 Å². The summed E-state index contributed by atoms with van der Waals surface area (Å²) in [5, 5.41) is 7.69. The fourth-order valence-electron chi connectivity index (χ4n) is 3.22. The van der Waals surface area contributed by atoms with Crippen LogP contribution >= 0.6 is 0 Å². The first-order valence-corrected chi connectivity index (χ1v) is 8.58. The lowest BCUT2D eigenvalue weighted by molar-refractivity contribution is 0.254. The van der Waals surface area contributed by atoms with Gasteiger partial charge in [0.25, 0.3) is 0 Å². The fraction of sp³-hybridized carbons (Fsp3) is 0.0909. The molecule has 0 saturated heterocycles. The Balaban J connectivity index is 1.75. The van der Waals surface area contributed by atoms with Crippen LogP contribution in [0.25, 0.3) is 21.8 Å². The highest BCUT2D eigenvalue weighted by atomic mass is 16.2. The number of nitrogens with zero attached hydrogens (tertiary/aromatic N) is 1. The maximum Gasteiger partial charge on any atom is 0.318 e. The van der Waals surface area contributed by atoms with Gasteiger partial charge in [-0.25, -0.2) is 9.78 Å². The highest BCUT2D eigenvalue weighted by molar-refractivity contribution is 5.97. The maximum atomic E-state index is 11.4. The van der Waals surface area contributed by atoms with Crippen molar-refractivity contribution in [2.24, 2.45) is 0 Å². The zero-order valence-corrected chi connectivity index (χ0v) is 14.5. The molecule has 2 N–H and O–H groups in total. The van der Waals surface area contributed by atoms with E-state index in [1.807, 2.05) is 24.3 Å². The summed E-state index contributed by atoms with van der Waals surface area (Å²) in [5.41, 5.74) is 5.27. The molecule has 0 bridgehead atoms. The number of nitrogens with one attached hydrogen (secondary N) is 2. The Morgan fingerprint density at radius 2 is 1.42 bits per heavy atom. The summed E-state index contributed by atoms with van der Waals surface area (Å²) in [7, 11) is 1.60. The number of amides is 2. The lowest BCUT2D eigenvalue weighted by Crippen LogP contribution is -2.24. The highest BCUT2D eigenvalue weighted by Gasteiger charge is 2.09. The van der Waals surface area contributed by atoms with Gasteiger partial charge >= 0.3 is 6.03 Å². The van der Waals surface area contributed by atoms with E-state index in [1.165, 1.54) is 21.9 Å². The molecule has 4 rings (SSSR count). The number of anilines is 1. The van der Waals surface area contributed by atoms with Crippen LogP contribution in [0.5, 0.6) is 0 Å². The molecule has 0 aliphatic heterocycles. The third-order valence-corrected chi connectivity index (χ3v) is 4.52. The third-order valence-electron chi connectivity index (χ3n) is 4.52. The van der Waals surface area contributed by atoms with Crippen LogP contribution in [-0.2, 0) is 6.42 Å². The highest BCUT2D eigenvalue weighted by Crippen LogP contribution is 2.28. The molecule has 0 fully saturated rings. The van der Waals surface area contributed by atoms with Gasteiger partial charge in [0.2, 0.25) is 0 Å². The number of carbonyl (C=O) groups is 1. The van der Waals surface area contributed by atoms with Crippen LogP contribution in [0, 0.1) is 0 Å². The van der Waals surface area contributed by atoms with Crippen LogP contribution in [0.3, 0.4) is 0 Å². The SMILES string of the molecule is CNC(=O)Nc1ccc(Cc2c3ccccc3nc3ccccc23)cc1.